The van der Waals surface area contributed by atoms with Crippen LogP contribution in [-0.2, 0) is 9.31 Å². The topological polar surface area (TPSA) is 147 Å². The molecule has 1 fully saturated rings. The Bertz CT molecular complexity index is 7840. The Kier molecular flexibility index (Phi) is 17.7. The number of hydrogen-bond acceptors (Lipinski definition) is 12. The van der Waals surface area contributed by atoms with E-state index in [0.29, 0.717) is 0 Å². The molecule has 14 heteroatoms. The predicted molar refractivity (Wildman–Crippen MR) is 489 cm³/mol. The average Bonchev–Trinajstić information content (AvgIpc) is 1.19. The van der Waals surface area contributed by atoms with E-state index in [1.54, 1.807) is 0 Å². The summed E-state index contributed by atoms with van der Waals surface area (Å²) in [6.07, 6.45) is 7.45. The second-order valence-corrected chi connectivity index (χ2v) is 32.0. The molecule has 1 saturated heterocycles. The van der Waals surface area contributed by atoms with Crippen LogP contribution in [0.25, 0.3) is 209 Å². The summed E-state index contributed by atoms with van der Waals surface area (Å²) < 4.78 is 13.4. The van der Waals surface area contributed by atoms with E-state index in [0.717, 1.165) is 219 Å². The lowest BCUT2D eigenvalue weighted by atomic mass is 9.78. The number of fused-ring (bicyclic) bond motifs is 14. The van der Waals surface area contributed by atoms with E-state index in [1.165, 1.54) is 0 Å². The number of aromatic nitrogens is 10. The lowest BCUT2D eigenvalue weighted by Gasteiger charge is -2.32. The number of rotatable bonds is 8. The number of halogens is 1. The van der Waals surface area contributed by atoms with Crippen LogP contribution in [0.2, 0.25) is 0 Å². The van der Waals surface area contributed by atoms with Gasteiger partial charge in [0.05, 0.1) is 101 Å². The second kappa shape index (κ2) is 29.2. The first-order chi connectivity index (χ1) is 57.8. The molecule has 10 aromatic heterocycles. The van der Waals surface area contributed by atoms with Gasteiger partial charge in [-0.1, -0.05) is 222 Å². The van der Waals surface area contributed by atoms with Gasteiger partial charge in [0.1, 0.15) is 0 Å². The van der Waals surface area contributed by atoms with Crippen LogP contribution in [0.1, 0.15) is 27.7 Å². The van der Waals surface area contributed by atoms with Gasteiger partial charge in [-0.05, 0) is 193 Å². The normalized spacial score (nSPS) is 13.2. The predicted octanol–water partition coefficient (Wildman–Crippen LogP) is 25.6. The molecule has 12 aromatic carbocycles. The van der Waals surface area contributed by atoms with Crippen LogP contribution in [-0.4, -0.2) is 68.2 Å². The van der Waals surface area contributed by atoms with E-state index in [9.17, 15) is 0 Å². The molecule has 0 radical (unpaired) electrons. The molecule has 0 atom stereocenters. The quantitative estimate of drug-likeness (QED) is 0.105. The van der Waals surface area contributed by atoms with E-state index in [1.807, 2.05) is 97.6 Å². The molecule has 0 unspecified atom stereocenters. The number of para-hydroxylation sites is 2. The second-order valence-electron chi connectivity index (χ2n) is 31.0. The fourth-order valence-corrected chi connectivity index (χ4v) is 16.6. The zero-order chi connectivity index (χ0) is 79.2. The molecule has 0 amide bonds. The molecular weight excluding hydrogens is 1510 g/mol. The van der Waals surface area contributed by atoms with Crippen molar-refractivity contribution in [2.24, 2.45) is 0 Å². The standard InChI is InChI=1S/C49H29N5.C31H18BrN3.C24H23BN2O2/c1-4-10-42-34(6-1)28-37(29-51-42)45-22-16-35-26-32(14-20-43(35)52-45)33-15-21-44-36(27-33)17-24-46(53-44)40-18-19-41(39-9-3-2-8-38(39)40)47-23-13-31-12-11-30-7-5-25-50-48(30)49(31)54-47;32-22-11-16-27-21(18-22)10-15-28(34-27)25-12-13-26(24-6-2-1-5-23(24)25)29-14-9-20-8-7-19-4-3-17-33-30(19)31(20)35-29;1-23(2)24(3,4)29-25(28-23)19-10-12-21-17(14-19)9-11-22(27-21)18-13-16-7-5-6-8-20(16)26-15-18/h1-29H;1-18H;5-15H,1-4H3. The summed E-state index contributed by atoms with van der Waals surface area (Å²) in [4.78, 5) is 48.7. The molecule has 12 nitrogen and oxygen atoms in total. The number of benzene rings is 12. The van der Waals surface area contributed by atoms with E-state index in [4.69, 9.17) is 39.2 Å². The molecule has 118 heavy (non-hydrogen) atoms. The molecule has 0 N–H and O–H groups in total. The van der Waals surface area contributed by atoms with Gasteiger partial charge in [0.25, 0.3) is 0 Å². The van der Waals surface area contributed by atoms with Crippen molar-refractivity contribution >= 4 is 159 Å². The third-order valence-electron chi connectivity index (χ3n) is 23.2. The highest BCUT2D eigenvalue weighted by Gasteiger charge is 2.51. The Morgan fingerprint density at radius 2 is 0.568 bits per heavy atom. The zero-order valence-corrected chi connectivity index (χ0v) is 66.3. The summed E-state index contributed by atoms with van der Waals surface area (Å²) in [7, 11) is -0.367. The van der Waals surface area contributed by atoms with Gasteiger partial charge in [-0.3, -0.25) is 19.9 Å². The number of pyridine rings is 10. The number of nitrogens with zero attached hydrogens (tertiary/aromatic N) is 10. The molecule has 22 aromatic rings. The lowest BCUT2D eigenvalue weighted by Crippen LogP contribution is -2.41. The first-order valence-electron chi connectivity index (χ1n) is 39.5. The van der Waals surface area contributed by atoms with Crippen molar-refractivity contribution in [1.82, 2.24) is 49.8 Å². The van der Waals surface area contributed by atoms with Gasteiger partial charge in [-0.25, -0.2) is 29.9 Å². The molecule has 11 heterocycles. The Balaban J connectivity index is 0.000000117. The van der Waals surface area contributed by atoms with Crippen LogP contribution >= 0.6 is 15.9 Å². The first-order valence-corrected chi connectivity index (χ1v) is 40.3. The van der Waals surface area contributed by atoms with Crippen LogP contribution in [0.4, 0.5) is 0 Å². The van der Waals surface area contributed by atoms with Gasteiger partial charge >= 0.3 is 7.12 Å². The van der Waals surface area contributed by atoms with Crippen LogP contribution in [0.15, 0.2) is 357 Å². The monoisotopic (exact) mass is 1580 g/mol. The van der Waals surface area contributed by atoms with Gasteiger partial charge < -0.3 is 9.31 Å². The van der Waals surface area contributed by atoms with Crippen molar-refractivity contribution in [2.75, 3.05) is 0 Å². The van der Waals surface area contributed by atoms with Gasteiger partial charge in [0.15, 0.2) is 0 Å². The van der Waals surface area contributed by atoms with Crippen molar-refractivity contribution in [2.45, 2.75) is 38.9 Å². The maximum atomic E-state index is 6.18. The SMILES string of the molecule is Brc1ccc2nc(-c3ccc(-c4ccc5ccc6cccnc6c5n4)c4ccccc34)ccc2c1.CC1(C)OB(c2ccc3nc(-c4cnc5ccccc5c4)ccc3c2)OC1(C)C.c1ccc2ncc(-c3ccc4cc(-c5ccc6nc(-c7ccc(-c8ccc9ccc%10cccnc%10c9n8)c8ccccc78)ccc6c5)ccc4n3)cc2c1. The Morgan fingerprint density at radius 1 is 0.246 bits per heavy atom. The van der Waals surface area contributed by atoms with Crippen LogP contribution in [0.3, 0.4) is 0 Å². The van der Waals surface area contributed by atoms with Gasteiger partial charge in [-0.15, -0.1) is 0 Å². The molecule has 23 rings (SSSR count). The Hall–Kier alpha value is -14.3. The van der Waals surface area contributed by atoms with Crippen molar-refractivity contribution in [3.05, 3.63) is 357 Å². The largest absolute Gasteiger partial charge is 0.494 e. The molecule has 0 aliphatic carbocycles. The lowest BCUT2D eigenvalue weighted by molar-refractivity contribution is 0.00578. The van der Waals surface area contributed by atoms with Crippen molar-refractivity contribution < 1.29 is 9.31 Å². The van der Waals surface area contributed by atoms with Crippen molar-refractivity contribution in [3.8, 4) is 78.7 Å². The molecule has 1 aliphatic heterocycles. The smallest absolute Gasteiger partial charge is 0.399 e. The summed E-state index contributed by atoms with van der Waals surface area (Å²) in [5, 5.41) is 15.5. The third-order valence-corrected chi connectivity index (χ3v) is 23.7. The van der Waals surface area contributed by atoms with Crippen LogP contribution in [0.5, 0.6) is 0 Å². The van der Waals surface area contributed by atoms with E-state index < -0.39 is 0 Å². The summed E-state index contributed by atoms with van der Waals surface area (Å²) >= 11 is 3.55. The Morgan fingerprint density at radius 3 is 1.02 bits per heavy atom. The Labute approximate surface area is 688 Å². The highest BCUT2D eigenvalue weighted by atomic mass is 79.9. The highest BCUT2D eigenvalue weighted by Crippen LogP contribution is 2.42. The molecule has 0 saturated carbocycles. The zero-order valence-electron chi connectivity index (χ0n) is 64.7. The molecule has 558 valence electrons. The van der Waals surface area contributed by atoms with Gasteiger partial charge in [-0.2, -0.15) is 0 Å². The average molecular weight is 1580 g/mol. The number of hydrogen-bond donors (Lipinski definition) is 0. The summed E-state index contributed by atoms with van der Waals surface area (Å²) in [6.45, 7) is 8.28. The maximum Gasteiger partial charge on any atom is 0.494 e. The fraction of sp³-hybridized carbons (Fsp3) is 0.0577. The fourth-order valence-electron chi connectivity index (χ4n) is 16.3. The summed E-state index contributed by atoms with van der Waals surface area (Å²) in [5.74, 6) is 0. The van der Waals surface area contributed by atoms with Crippen LogP contribution in [0, 0.1) is 0 Å². The van der Waals surface area contributed by atoms with Crippen molar-refractivity contribution in [3.63, 3.8) is 0 Å². The van der Waals surface area contributed by atoms with Gasteiger partial charge in [0, 0.05) is 111 Å². The van der Waals surface area contributed by atoms with Crippen molar-refractivity contribution in [1.29, 1.82) is 0 Å². The summed E-state index contributed by atoms with van der Waals surface area (Å²) in [5.41, 5.74) is 24.1. The van der Waals surface area contributed by atoms with Crippen LogP contribution < -0.4 is 5.46 Å². The van der Waals surface area contributed by atoms with Gasteiger partial charge in [0.2, 0.25) is 0 Å². The molecule has 0 spiro atoms. The summed E-state index contributed by atoms with van der Waals surface area (Å²) in [6, 6.07) is 114. The molecule has 1 aliphatic rings. The van der Waals surface area contributed by atoms with E-state index in [-0.39, 0.29) is 18.3 Å². The minimum atomic E-state index is -0.367. The minimum Gasteiger partial charge on any atom is -0.399 e. The molecule has 0 bridgehead atoms. The minimum absolute atomic E-state index is 0.349. The maximum absolute atomic E-state index is 6.18. The highest BCUT2D eigenvalue weighted by molar-refractivity contribution is 9.10. The van der Waals surface area contributed by atoms with E-state index >= 15 is 0 Å². The third kappa shape index (κ3) is 13.3. The molecular formula is C104H70BBrN10O2. The van der Waals surface area contributed by atoms with E-state index in [2.05, 4.69) is 318 Å². The first kappa shape index (κ1) is 71.5.